The minimum absolute atomic E-state index is 0.0436. The minimum Gasteiger partial charge on any atom is -0.392 e. The molecule has 4 aromatic carbocycles. The van der Waals surface area contributed by atoms with Gasteiger partial charge in [0.25, 0.3) is 0 Å². The van der Waals surface area contributed by atoms with E-state index < -0.39 is 41.2 Å². The molecule has 0 radical (unpaired) electrons. The average molecular weight is 1270 g/mol. The third kappa shape index (κ3) is 58.4. The summed E-state index contributed by atoms with van der Waals surface area (Å²) in [5, 5.41) is 36.5. The normalized spacial score (nSPS) is 11.8. The number of aliphatic hydroxyl groups excluding tert-OH is 4. The Bertz CT molecular complexity index is 2740. The molecule has 8 nitrogen and oxygen atoms in total. The fourth-order valence-corrected chi connectivity index (χ4v) is 8.74. The number of carbonyl (C=O) groups is 4. The molecule has 0 aliphatic carbocycles. The number of ketones is 3. The first-order valence-corrected chi connectivity index (χ1v) is 40.1. The van der Waals surface area contributed by atoms with Crippen molar-refractivity contribution in [2.75, 3.05) is 0 Å². The lowest BCUT2D eigenvalue weighted by Gasteiger charge is -2.08. The highest BCUT2D eigenvalue weighted by Crippen LogP contribution is 2.15. The van der Waals surface area contributed by atoms with Crippen molar-refractivity contribution >= 4 is 39.8 Å². The third-order valence-corrected chi connectivity index (χ3v) is 15.2. The summed E-state index contributed by atoms with van der Waals surface area (Å²) in [6.07, 6.45) is 32.8. The SMILES string of the molecule is C#CC(=O)CCCCCCCCCCC.C#C[C@H](O)CCCCCCCCCCC.CC(=O)c1ccccc1.CC(C)C(=O)C#C[Si](C)(C)C.CC(C)[C@@H](O)C#C[Si](C)(C)C.C[C@@H](O)c1ccccc1.[2H]C(=O)c1c(C)cccc1C.[2H][C@H](O)c1c(C)cccc1C. The van der Waals surface area contributed by atoms with Crippen LogP contribution in [0.4, 0.5) is 0 Å². The van der Waals surface area contributed by atoms with E-state index in [0.717, 1.165) is 64.6 Å². The van der Waals surface area contributed by atoms with Crippen LogP contribution in [0.3, 0.4) is 0 Å². The van der Waals surface area contributed by atoms with Crippen molar-refractivity contribution in [1.29, 1.82) is 0 Å². The topological polar surface area (TPSA) is 149 Å². The first-order chi connectivity index (χ1) is 43.1. The number of terminal acetylenes is 2. The van der Waals surface area contributed by atoms with Gasteiger partial charge in [0, 0.05) is 23.5 Å². The number of benzene rings is 4. The molecule has 4 aromatic rings. The lowest BCUT2D eigenvalue weighted by atomic mass is 10.0. The Labute approximate surface area is 555 Å². The van der Waals surface area contributed by atoms with Gasteiger partial charge in [0.2, 0.25) is 11.6 Å². The van der Waals surface area contributed by atoms with Crippen LogP contribution >= 0.6 is 0 Å². The number of aryl methyl sites for hydroxylation is 4. The van der Waals surface area contributed by atoms with Crippen molar-refractivity contribution in [2.24, 2.45) is 11.8 Å². The number of Topliss-reactive ketones (excluding diaryl/α,β-unsaturated/α-hetero) is 3. The van der Waals surface area contributed by atoms with Crippen LogP contribution in [0.15, 0.2) is 97.1 Å². The molecule has 4 rings (SSSR count). The zero-order chi connectivity index (χ0) is 71.1. The van der Waals surface area contributed by atoms with E-state index in [9.17, 15) is 24.3 Å². The summed E-state index contributed by atoms with van der Waals surface area (Å²) in [6.45, 7) is 34.8. The summed E-state index contributed by atoms with van der Waals surface area (Å²) in [7, 11) is -2.63. The lowest BCUT2D eigenvalue weighted by molar-refractivity contribution is -0.116. The van der Waals surface area contributed by atoms with Crippen LogP contribution < -0.4 is 0 Å². The van der Waals surface area contributed by atoms with Gasteiger partial charge in [-0.05, 0) is 112 Å². The molecule has 4 atom stereocenters. The highest BCUT2D eigenvalue weighted by Gasteiger charge is 2.11. The van der Waals surface area contributed by atoms with E-state index in [0.29, 0.717) is 12.0 Å². The molecule has 0 saturated heterocycles. The van der Waals surface area contributed by atoms with Gasteiger partial charge in [-0.3, -0.25) is 19.2 Å². The van der Waals surface area contributed by atoms with Gasteiger partial charge >= 0.3 is 0 Å². The Morgan fingerprint density at radius 1 is 0.578 bits per heavy atom. The maximum Gasteiger partial charge on any atom is 0.207 e. The highest BCUT2D eigenvalue weighted by atomic mass is 28.3. The van der Waals surface area contributed by atoms with Gasteiger partial charge in [0.15, 0.2) is 12.0 Å². The first-order valence-electron chi connectivity index (χ1n) is 34.2. The van der Waals surface area contributed by atoms with Crippen LogP contribution in [0.5, 0.6) is 0 Å². The van der Waals surface area contributed by atoms with Gasteiger partial charge < -0.3 is 20.4 Å². The maximum atomic E-state index is 11.0. The number of aldehydes is 1. The molecule has 0 fully saturated rings. The van der Waals surface area contributed by atoms with E-state index in [4.69, 9.17) is 30.9 Å². The summed E-state index contributed by atoms with van der Waals surface area (Å²) in [4.78, 5) is 43.2. The van der Waals surface area contributed by atoms with Crippen molar-refractivity contribution < 1.29 is 42.3 Å². The Morgan fingerprint density at radius 3 is 1.28 bits per heavy atom. The van der Waals surface area contributed by atoms with Gasteiger partial charge in [-0.15, -0.1) is 23.9 Å². The molecule has 0 unspecified atom stereocenters. The Morgan fingerprint density at radius 2 is 0.978 bits per heavy atom. The van der Waals surface area contributed by atoms with Crippen LogP contribution in [0.2, 0.25) is 39.3 Å². The molecule has 500 valence electrons. The van der Waals surface area contributed by atoms with Crippen LogP contribution in [0.25, 0.3) is 0 Å². The minimum atomic E-state index is -1.35. The van der Waals surface area contributed by atoms with Gasteiger partial charge in [0.05, 0.1) is 14.1 Å². The number of hydrogen-bond donors (Lipinski definition) is 4. The van der Waals surface area contributed by atoms with Crippen LogP contribution in [-0.4, -0.2) is 72.4 Å². The standard InChI is InChI=1S/C14H26O.C14H24O.C9H18OSi.C9H16OSi.C9H12O.C9H10O.C8H10O.C8H8O/c2*1-3-5-6-7-8-9-10-11-12-13-14(15)4-2;2*1-8(2)9(10)6-7-11(3,4)5;2*1-7-4-3-5-8(2)9(7)6-10;2*1-7(9)8-5-3-2-4-6-8/h2,14-15H,3,5-13H2,1H3;2H,3,5-13H2,1H3;8-10H,1-5H3;8H,1-5H3;3-5,10H,6H2,1-2H3;3-6H,1-2H3;2-7,9H,1H3;2-6H,1H3/t14-;;9-;;;;7-;/m0.0...1./s1/i;;;;2*6D;;/t;;;;6-;;;/m....0.../s1. The van der Waals surface area contributed by atoms with Crippen molar-refractivity contribution in [1.82, 2.24) is 0 Å². The molecule has 90 heavy (non-hydrogen) atoms. The van der Waals surface area contributed by atoms with E-state index in [-0.39, 0.29) is 35.3 Å². The molecule has 0 amide bonds. The summed E-state index contributed by atoms with van der Waals surface area (Å²) in [5.74, 6) is 10.5. The number of unbranched alkanes of at least 4 members (excludes halogenated alkanes) is 16. The predicted octanol–water partition coefficient (Wildman–Crippen LogP) is 19.5. The largest absolute Gasteiger partial charge is 0.392 e. The zero-order valence-electron chi connectivity index (χ0n) is 61.4. The fourth-order valence-electron chi connectivity index (χ4n) is 7.66. The molecule has 0 aliphatic heterocycles. The van der Waals surface area contributed by atoms with Crippen molar-refractivity contribution in [2.45, 2.75) is 276 Å². The molecule has 4 N–H and O–H groups in total. The van der Waals surface area contributed by atoms with Crippen molar-refractivity contribution in [3.63, 3.8) is 0 Å². The quantitative estimate of drug-likeness (QED) is 0.0121. The molecule has 0 heterocycles. The van der Waals surface area contributed by atoms with E-state index in [2.05, 4.69) is 87.9 Å². The monoisotopic (exact) mass is 1270 g/mol. The number of aliphatic hydroxyl groups is 4. The Balaban J connectivity index is -0.000000484. The fraction of sp³-hybridized carbons (Fsp3) is 0.550. The van der Waals surface area contributed by atoms with Gasteiger partial charge in [-0.1, -0.05) is 292 Å². The summed E-state index contributed by atoms with van der Waals surface area (Å²) in [6, 6.07) is 30.1. The number of carbonyl (C=O) groups excluding carboxylic acids is 4. The second kappa shape index (κ2) is 58.2. The molecule has 0 aromatic heterocycles. The molecule has 0 saturated carbocycles. The maximum absolute atomic E-state index is 11.0. The Kier molecular flexibility index (Phi) is 55.7. The summed E-state index contributed by atoms with van der Waals surface area (Å²) < 4.78 is 14.1. The van der Waals surface area contributed by atoms with E-state index >= 15 is 0 Å². The van der Waals surface area contributed by atoms with E-state index in [1.54, 1.807) is 13.8 Å². The van der Waals surface area contributed by atoms with Crippen molar-refractivity contribution in [3.05, 3.63) is 142 Å². The Hall–Kier alpha value is -5.93. The van der Waals surface area contributed by atoms with Crippen LogP contribution in [-0.2, 0) is 16.2 Å². The third-order valence-electron chi connectivity index (χ3n) is 13.5. The van der Waals surface area contributed by atoms with Crippen molar-refractivity contribution in [3.8, 4) is 47.6 Å². The molecule has 10 heteroatoms. The highest BCUT2D eigenvalue weighted by molar-refractivity contribution is 6.84. The van der Waals surface area contributed by atoms with E-state index in [1.165, 1.54) is 96.3 Å². The first kappa shape index (κ1) is 86.1. The van der Waals surface area contributed by atoms with E-state index in [1.807, 2.05) is 152 Å². The van der Waals surface area contributed by atoms with Crippen LogP contribution in [0.1, 0.15) is 247 Å². The molecule has 0 aliphatic rings. The van der Waals surface area contributed by atoms with Gasteiger partial charge in [-0.2, -0.15) is 0 Å². The van der Waals surface area contributed by atoms with Crippen LogP contribution in [0, 0.1) is 87.1 Å². The average Bonchev–Trinajstić information content (AvgIpc) is 1.06. The number of hydrogen-bond acceptors (Lipinski definition) is 8. The molecule has 0 spiro atoms. The molecule has 0 bridgehead atoms. The summed E-state index contributed by atoms with van der Waals surface area (Å²) >= 11 is 0. The number of rotatable bonds is 26. The second-order valence-electron chi connectivity index (χ2n) is 25.5. The molecular formula is C80H124O8Si2. The zero-order valence-corrected chi connectivity index (χ0v) is 61.4. The molecular weight excluding hydrogens is 1150 g/mol. The lowest BCUT2D eigenvalue weighted by Crippen LogP contribution is -2.19. The second-order valence-corrected chi connectivity index (χ2v) is 35.0. The van der Waals surface area contributed by atoms with Gasteiger partial charge in [0.1, 0.15) is 29.7 Å². The summed E-state index contributed by atoms with van der Waals surface area (Å²) in [5.41, 5.74) is 12.9. The predicted molar refractivity (Wildman–Crippen MR) is 392 cm³/mol. The van der Waals surface area contributed by atoms with Gasteiger partial charge in [-0.25, -0.2) is 0 Å². The smallest absolute Gasteiger partial charge is 0.207 e.